The van der Waals surface area contributed by atoms with Gasteiger partial charge in [-0.15, -0.1) is 0 Å². The molecule has 1 aromatic carbocycles. The van der Waals surface area contributed by atoms with Crippen molar-refractivity contribution >= 4 is 16.8 Å². The lowest BCUT2D eigenvalue weighted by Gasteiger charge is -2.33. The van der Waals surface area contributed by atoms with Gasteiger partial charge in [-0.25, -0.2) is 0 Å². The molecule has 1 unspecified atom stereocenters. The molecule has 5 rings (SSSR count). The highest BCUT2D eigenvalue weighted by molar-refractivity contribution is 5.92. The second-order valence-corrected chi connectivity index (χ2v) is 10.1. The summed E-state index contributed by atoms with van der Waals surface area (Å²) in [6, 6.07) is 11.3. The molecular formula is C28H35N3O2. The van der Waals surface area contributed by atoms with Gasteiger partial charge in [0.15, 0.2) is 0 Å². The maximum Gasteiger partial charge on any atom is 0.251 e. The minimum atomic E-state index is -0.203. The number of carbonyl (C=O) groups excluding carboxylic acids is 1. The minimum Gasteiger partial charge on any atom is -0.368 e. The van der Waals surface area contributed by atoms with Crippen LogP contribution in [-0.2, 0) is 9.53 Å². The zero-order valence-corrected chi connectivity index (χ0v) is 20.3. The average Bonchev–Trinajstić information content (AvgIpc) is 3.46. The van der Waals surface area contributed by atoms with Crippen LogP contribution < -0.4 is 0 Å². The van der Waals surface area contributed by atoms with E-state index in [0.29, 0.717) is 11.8 Å². The van der Waals surface area contributed by atoms with Gasteiger partial charge in [0.1, 0.15) is 6.10 Å². The summed E-state index contributed by atoms with van der Waals surface area (Å²) >= 11 is 0. The Morgan fingerprint density at radius 1 is 1.09 bits per heavy atom. The highest BCUT2D eigenvalue weighted by Crippen LogP contribution is 2.38. The van der Waals surface area contributed by atoms with E-state index in [2.05, 4.69) is 68.0 Å². The Bertz CT molecular complexity index is 1150. The Morgan fingerprint density at radius 2 is 1.82 bits per heavy atom. The van der Waals surface area contributed by atoms with Crippen molar-refractivity contribution < 1.29 is 9.53 Å². The maximum atomic E-state index is 12.7. The number of rotatable bonds is 4. The molecule has 1 amide bonds. The lowest BCUT2D eigenvalue weighted by Crippen LogP contribution is -2.43. The third-order valence-corrected chi connectivity index (χ3v) is 7.29. The van der Waals surface area contributed by atoms with Crippen molar-refractivity contribution in [3.05, 3.63) is 52.8 Å². The Hall–Kier alpha value is -2.66. The summed E-state index contributed by atoms with van der Waals surface area (Å²) in [7, 11) is 0. The number of fused-ring (bicyclic) bond motifs is 1. The van der Waals surface area contributed by atoms with Crippen molar-refractivity contribution in [3.63, 3.8) is 0 Å². The highest BCUT2D eigenvalue weighted by Gasteiger charge is 2.31. The Labute approximate surface area is 196 Å². The van der Waals surface area contributed by atoms with Crippen LogP contribution in [0.1, 0.15) is 73.9 Å². The Balaban J connectivity index is 1.41. The fourth-order valence-electron chi connectivity index (χ4n) is 5.70. The van der Waals surface area contributed by atoms with Crippen LogP contribution in [-0.4, -0.2) is 46.6 Å². The van der Waals surface area contributed by atoms with E-state index in [1.54, 1.807) is 0 Å². The predicted octanol–water partition coefficient (Wildman–Crippen LogP) is 5.86. The number of piperidine rings is 1. The van der Waals surface area contributed by atoms with Crippen molar-refractivity contribution in [2.45, 2.75) is 71.3 Å². The lowest BCUT2D eigenvalue weighted by molar-refractivity contribution is -0.142. The summed E-state index contributed by atoms with van der Waals surface area (Å²) < 4.78 is 5.62. The van der Waals surface area contributed by atoms with Gasteiger partial charge in [0.05, 0.1) is 5.69 Å². The van der Waals surface area contributed by atoms with E-state index in [0.717, 1.165) is 56.8 Å². The van der Waals surface area contributed by atoms with Crippen LogP contribution in [0.4, 0.5) is 0 Å². The van der Waals surface area contributed by atoms with Gasteiger partial charge in [0, 0.05) is 47.6 Å². The number of nitrogens with one attached hydrogen (secondary N) is 1. The van der Waals surface area contributed by atoms with Gasteiger partial charge in [-0.1, -0.05) is 19.9 Å². The lowest BCUT2D eigenvalue weighted by atomic mass is 9.87. The highest BCUT2D eigenvalue weighted by atomic mass is 16.5. The van der Waals surface area contributed by atoms with Gasteiger partial charge in [-0.2, -0.15) is 0 Å². The summed E-state index contributed by atoms with van der Waals surface area (Å²) in [4.78, 5) is 23.0. The molecule has 1 atom stereocenters. The van der Waals surface area contributed by atoms with E-state index in [1.165, 1.54) is 33.3 Å². The second kappa shape index (κ2) is 8.94. The zero-order chi connectivity index (χ0) is 23.1. The summed E-state index contributed by atoms with van der Waals surface area (Å²) in [6.45, 7) is 11.0. The van der Waals surface area contributed by atoms with Crippen LogP contribution in [0.5, 0.6) is 0 Å². The van der Waals surface area contributed by atoms with E-state index >= 15 is 0 Å². The van der Waals surface area contributed by atoms with Crippen molar-refractivity contribution in [2.24, 2.45) is 0 Å². The van der Waals surface area contributed by atoms with Gasteiger partial charge in [0.25, 0.3) is 5.91 Å². The molecule has 2 aromatic heterocycles. The third kappa shape index (κ3) is 4.31. The fraction of sp³-hybridized carbons (Fsp3) is 0.500. The predicted molar refractivity (Wildman–Crippen MR) is 133 cm³/mol. The number of nitrogens with zero attached hydrogens (tertiary/aromatic N) is 2. The number of aromatic amines is 1. The van der Waals surface area contributed by atoms with E-state index in [1.807, 2.05) is 4.90 Å². The standard InChI is InChI=1S/C28H35N3O2/c1-17(2)26-23-16-21(20-9-11-31(12-10-20)28(32)25-6-5-13-33-25)7-8-24(23)30-27(26)22-14-18(3)29-19(4)15-22/h7-8,14-17,20,25,30H,5-6,9-13H2,1-4H3. The van der Waals surface area contributed by atoms with Crippen LogP contribution in [0.25, 0.3) is 22.2 Å². The molecule has 2 aliphatic rings. The number of amides is 1. The molecule has 2 saturated heterocycles. The number of aryl methyl sites for hydroxylation is 2. The van der Waals surface area contributed by atoms with Crippen molar-refractivity contribution in [2.75, 3.05) is 19.7 Å². The molecule has 0 aliphatic carbocycles. The summed E-state index contributed by atoms with van der Waals surface area (Å²) in [5, 5.41) is 1.32. The number of aromatic nitrogens is 2. The second-order valence-electron chi connectivity index (χ2n) is 10.1. The number of ether oxygens (including phenoxy) is 1. The average molecular weight is 446 g/mol. The van der Waals surface area contributed by atoms with Crippen LogP contribution >= 0.6 is 0 Å². The van der Waals surface area contributed by atoms with Gasteiger partial charge < -0.3 is 14.6 Å². The van der Waals surface area contributed by atoms with Crippen molar-refractivity contribution in [3.8, 4) is 11.3 Å². The number of hydrogen-bond donors (Lipinski definition) is 1. The normalized spacial score (nSPS) is 19.7. The van der Waals surface area contributed by atoms with Gasteiger partial charge >= 0.3 is 0 Å². The topological polar surface area (TPSA) is 58.2 Å². The van der Waals surface area contributed by atoms with E-state index in [4.69, 9.17) is 4.74 Å². The van der Waals surface area contributed by atoms with Crippen molar-refractivity contribution in [1.82, 2.24) is 14.9 Å². The molecule has 1 N–H and O–H groups in total. The largest absolute Gasteiger partial charge is 0.368 e. The molecule has 0 saturated carbocycles. The molecule has 2 aliphatic heterocycles. The molecule has 0 spiro atoms. The van der Waals surface area contributed by atoms with Crippen LogP contribution in [0.15, 0.2) is 30.3 Å². The van der Waals surface area contributed by atoms with E-state index < -0.39 is 0 Å². The summed E-state index contributed by atoms with van der Waals surface area (Å²) in [5.41, 5.74) is 8.47. The number of pyridine rings is 1. The summed E-state index contributed by atoms with van der Waals surface area (Å²) in [6.07, 6.45) is 3.70. The Kier molecular flexibility index (Phi) is 6.00. The first-order valence-corrected chi connectivity index (χ1v) is 12.4. The van der Waals surface area contributed by atoms with Crippen LogP contribution in [0, 0.1) is 13.8 Å². The quantitative estimate of drug-likeness (QED) is 0.548. The van der Waals surface area contributed by atoms with Gasteiger partial charge in [0.2, 0.25) is 0 Å². The molecule has 5 nitrogen and oxygen atoms in total. The fourth-order valence-corrected chi connectivity index (χ4v) is 5.70. The minimum absolute atomic E-state index is 0.196. The number of hydrogen-bond acceptors (Lipinski definition) is 3. The molecule has 33 heavy (non-hydrogen) atoms. The van der Waals surface area contributed by atoms with Gasteiger partial charge in [-0.3, -0.25) is 9.78 Å². The molecule has 174 valence electrons. The first kappa shape index (κ1) is 22.1. The number of benzene rings is 1. The first-order valence-electron chi connectivity index (χ1n) is 12.4. The molecule has 0 radical (unpaired) electrons. The zero-order valence-electron chi connectivity index (χ0n) is 20.3. The molecule has 3 aromatic rings. The monoisotopic (exact) mass is 445 g/mol. The maximum absolute atomic E-state index is 12.7. The van der Waals surface area contributed by atoms with Crippen molar-refractivity contribution in [1.29, 1.82) is 0 Å². The van der Waals surface area contributed by atoms with E-state index in [-0.39, 0.29) is 12.0 Å². The molecule has 0 bridgehead atoms. The Morgan fingerprint density at radius 3 is 2.45 bits per heavy atom. The molecular weight excluding hydrogens is 410 g/mol. The van der Waals surface area contributed by atoms with E-state index in [9.17, 15) is 4.79 Å². The van der Waals surface area contributed by atoms with Crippen LogP contribution in [0.3, 0.4) is 0 Å². The number of likely N-dealkylation sites (tertiary alicyclic amines) is 1. The van der Waals surface area contributed by atoms with Crippen LogP contribution in [0.2, 0.25) is 0 Å². The SMILES string of the molecule is Cc1cc(-c2[nH]c3ccc(C4CCN(C(=O)C5CCCO5)CC4)cc3c2C(C)C)cc(C)n1. The summed E-state index contributed by atoms with van der Waals surface area (Å²) in [5.74, 6) is 1.09. The molecule has 4 heterocycles. The number of carbonyl (C=O) groups is 1. The third-order valence-electron chi connectivity index (χ3n) is 7.29. The van der Waals surface area contributed by atoms with Gasteiger partial charge in [-0.05, 0) is 86.8 Å². The first-order chi connectivity index (χ1) is 15.9. The number of H-pyrrole nitrogens is 1. The smallest absolute Gasteiger partial charge is 0.251 e. The molecule has 2 fully saturated rings. The molecule has 5 heteroatoms.